The molecule has 0 aliphatic carbocycles. The fraction of sp³-hybridized carbons (Fsp3) is 0.200. The lowest BCUT2D eigenvalue weighted by Crippen LogP contribution is -2.07. The van der Waals surface area contributed by atoms with Crippen molar-refractivity contribution in [1.82, 2.24) is 19.9 Å². The van der Waals surface area contributed by atoms with E-state index in [9.17, 15) is 8.42 Å². The Morgan fingerprint density at radius 1 is 0.735 bits per heavy atom. The van der Waals surface area contributed by atoms with Crippen LogP contribution in [-0.2, 0) is 16.3 Å². The molecule has 0 N–H and O–H groups in total. The molecule has 6 nitrogen and oxygen atoms in total. The minimum absolute atomic E-state index is 0.0172. The highest BCUT2D eigenvalue weighted by Crippen LogP contribution is 2.38. The summed E-state index contributed by atoms with van der Waals surface area (Å²) >= 11 is 0. The second-order valence-electron chi connectivity index (χ2n) is 7.44. The third-order valence-electron chi connectivity index (χ3n) is 5.09. The summed E-state index contributed by atoms with van der Waals surface area (Å²) in [6, 6.07) is 15.0. The van der Waals surface area contributed by atoms with E-state index in [0.29, 0.717) is 11.4 Å². The van der Waals surface area contributed by atoms with Crippen LogP contribution >= 0.6 is 21.6 Å². The van der Waals surface area contributed by atoms with Crippen LogP contribution in [0.15, 0.2) is 88.0 Å². The van der Waals surface area contributed by atoms with Crippen LogP contribution in [0.5, 0.6) is 0 Å². The zero-order valence-electron chi connectivity index (χ0n) is 18.9. The van der Waals surface area contributed by atoms with Crippen LogP contribution < -0.4 is 0 Å². The molecule has 174 valence electrons. The normalized spacial score (nSPS) is 11.5. The number of pyridine rings is 4. The Balaban J connectivity index is 1.45. The molecule has 0 amide bonds. The lowest BCUT2D eigenvalue weighted by atomic mass is 10.1. The van der Waals surface area contributed by atoms with Gasteiger partial charge in [-0.2, -0.15) is 0 Å². The number of sulfone groups is 1. The van der Waals surface area contributed by atoms with Gasteiger partial charge in [0.15, 0.2) is 9.84 Å². The molecule has 0 radical (unpaired) electrons. The molecular formula is C25H24N4O2S3. The average Bonchev–Trinajstić information content (AvgIpc) is 2.89. The average molecular weight is 509 g/mol. The van der Waals surface area contributed by atoms with E-state index in [2.05, 4.69) is 32.9 Å². The van der Waals surface area contributed by atoms with Crippen LogP contribution in [0.25, 0.3) is 22.8 Å². The van der Waals surface area contributed by atoms with E-state index in [-0.39, 0.29) is 10.6 Å². The molecule has 4 rings (SSSR count). The number of hydrogen-bond donors (Lipinski definition) is 0. The monoisotopic (exact) mass is 508 g/mol. The molecule has 0 saturated carbocycles. The van der Waals surface area contributed by atoms with Crippen LogP contribution in [0, 0.1) is 0 Å². The molecule has 0 spiro atoms. The molecule has 9 heteroatoms. The summed E-state index contributed by atoms with van der Waals surface area (Å²) in [5.41, 5.74) is 3.93. The lowest BCUT2D eigenvalue weighted by Gasteiger charge is -2.09. The van der Waals surface area contributed by atoms with Gasteiger partial charge >= 0.3 is 0 Å². The molecule has 0 aliphatic heterocycles. The maximum absolute atomic E-state index is 12.4. The van der Waals surface area contributed by atoms with Crippen LogP contribution in [0.3, 0.4) is 0 Å². The Hall–Kier alpha value is -2.75. The van der Waals surface area contributed by atoms with Crippen molar-refractivity contribution in [2.45, 2.75) is 41.4 Å². The highest BCUT2D eigenvalue weighted by molar-refractivity contribution is 8.76. The standard InChI is InChI=1S/C25H24N4O2S3/c1-3-7-18-8-5-14-26-24(18)21-12-10-19(16-28-21)32-33-20-11-13-22(29-17-20)25-23(9-6-15-27-25)34(30,31)4-2/h5-6,8-17H,3-4,7H2,1-2H3. The van der Waals surface area contributed by atoms with Gasteiger partial charge in [0, 0.05) is 34.6 Å². The molecule has 0 saturated heterocycles. The van der Waals surface area contributed by atoms with E-state index in [4.69, 9.17) is 0 Å². The largest absolute Gasteiger partial charge is 0.254 e. The Morgan fingerprint density at radius 3 is 1.88 bits per heavy atom. The molecule has 0 atom stereocenters. The van der Waals surface area contributed by atoms with Gasteiger partial charge in [-0.25, -0.2) is 8.42 Å². The summed E-state index contributed by atoms with van der Waals surface area (Å²) in [5, 5.41) is 0. The highest BCUT2D eigenvalue weighted by atomic mass is 33.1. The first-order chi connectivity index (χ1) is 16.5. The van der Waals surface area contributed by atoms with Crippen molar-refractivity contribution < 1.29 is 8.42 Å². The van der Waals surface area contributed by atoms with Crippen LogP contribution in [0.2, 0.25) is 0 Å². The Bertz CT molecular complexity index is 1360. The zero-order valence-corrected chi connectivity index (χ0v) is 21.3. The molecular weight excluding hydrogens is 485 g/mol. The zero-order chi connectivity index (χ0) is 24.0. The van der Waals surface area contributed by atoms with Gasteiger partial charge < -0.3 is 0 Å². The quantitative estimate of drug-likeness (QED) is 0.249. The van der Waals surface area contributed by atoms with Crippen molar-refractivity contribution in [2.75, 3.05) is 5.75 Å². The second kappa shape index (κ2) is 11.1. The predicted octanol–water partition coefficient (Wildman–Crippen LogP) is 6.15. The molecule has 34 heavy (non-hydrogen) atoms. The number of aromatic nitrogens is 4. The van der Waals surface area contributed by atoms with Gasteiger partial charge in [0.05, 0.1) is 27.7 Å². The first-order valence-corrected chi connectivity index (χ1v) is 14.7. The van der Waals surface area contributed by atoms with E-state index < -0.39 is 9.84 Å². The van der Waals surface area contributed by atoms with Crippen molar-refractivity contribution in [3.8, 4) is 22.8 Å². The van der Waals surface area contributed by atoms with Crippen molar-refractivity contribution in [3.63, 3.8) is 0 Å². The van der Waals surface area contributed by atoms with Crippen molar-refractivity contribution >= 4 is 31.4 Å². The van der Waals surface area contributed by atoms with Gasteiger partial charge in [-0.15, -0.1) is 0 Å². The molecule has 0 unspecified atom stereocenters. The number of hydrogen-bond acceptors (Lipinski definition) is 8. The SMILES string of the molecule is CCCc1cccnc1-c1ccc(SSc2ccc(-c3ncccc3S(=O)(=O)CC)nc2)cn1. The number of aryl methyl sites for hydroxylation is 1. The molecule has 0 aliphatic rings. The first kappa shape index (κ1) is 24.4. The second-order valence-corrected chi connectivity index (χ2v) is 12.0. The van der Waals surface area contributed by atoms with Crippen molar-refractivity contribution in [2.24, 2.45) is 0 Å². The van der Waals surface area contributed by atoms with E-state index in [1.807, 2.05) is 30.5 Å². The van der Waals surface area contributed by atoms with Crippen molar-refractivity contribution in [1.29, 1.82) is 0 Å². The predicted molar refractivity (Wildman–Crippen MR) is 138 cm³/mol. The van der Waals surface area contributed by atoms with Gasteiger partial charge in [0.2, 0.25) is 0 Å². The first-order valence-electron chi connectivity index (χ1n) is 10.9. The van der Waals surface area contributed by atoms with Gasteiger partial charge in [-0.3, -0.25) is 19.9 Å². The van der Waals surface area contributed by atoms with Crippen LogP contribution in [0.4, 0.5) is 0 Å². The van der Waals surface area contributed by atoms with Gasteiger partial charge in [-0.05, 0) is 54.4 Å². The van der Waals surface area contributed by atoms with E-state index >= 15 is 0 Å². The summed E-state index contributed by atoms with van der Waals surface area (Å²) in [4.78, 5) is 20.1. The summed E-state index contributed by atoms with van der Waals surface area (Å²) in [7, 11) is -0.235. The summed E-state index contributed by atoms with van der Waals surface area (Å²) in [5.74, 6) is 0.0172. The number of nitrogens with zero attached hydrogens (tertiary/aromatic N) is 4. The minimum atomic E-state index is -3.39. The molecule has 4 aromatic rings. The fourth-order valence-corrected chi connectivity index (χ4v) is 6.21. The molecule has 0 aromatic carbocycles. The smallest absolute Gasteiger partial charge is 0.180 e. The van der Waals surface area contributed by atoms with E-state index in [1.165, 1.54) is 5.56 Å². The minimum Gasteiger partial charge on any atom is -0.254 e. The number of rotatable bonds is 9. The topological polar surface area (TPSA) is 85.7 Å². The molecule has 0 bridgehead atoms. The third kappa shape index (κ3) is 5.65. The summed E-state index contributed by atoms with van der Waals surface area (Å²) in [6.45, 7) is 3.78. The van der Waals surface area contributed by atoms with Crippen LogP contribution in [-0.4, -0.2) is 34.1 Å². The fourth-order valence-electron chi connectivity index (χ4n) is 3.37. The Kier molecular flexibility index (Phi) is 7.97. The Labute approximate surface area is 208 Å². The maximum Gasteiger partial charge on any atom is 0.180 e. The van der Waals surface area contributed by atoms with Gasteiger partial charge in [-0.1, -0.05) is 47.9 Å². The lowest BCUT2D eigenvalue weighted by molar-refractivity contribution is 0.597. The van der Waals surface area contributed by atoms with Crippen LogP contribution in [0.1, 0.15) is 25.8 Å². The van der Waals surface area contributed by atoms with Gasteiger partial charge in [0.25, 0.3) is 0 Å². The Morgan fingerprint density at radius 2 is 1.32 bits per heavy atom. The summed E-state index contributed by atoms with van der Waals surface area (Å²) < 4.78 is 24.8. The third-order valence-corrected chi connectivity index (χ3v) is 9.20. The van der Waals surface area contributed by atoms with E-state index in [1.54, 1.807) is 65.3 Å². The molecule has 0 fully saturated rings. The van der Waals surface area contributed by atoms with Crippen molar-refractivity contribution in [3.05, 3.63) is 78.9 Å². The maximum atomic E-state index is 12.4. The highest BCUT2D eigenvalue weighted by Gasteiger charge is 2.19. The molecule has 4 aromatic heterocycles. The summed E-state index contributed by atoms with van der Waals surface area (Å²) in [6.07, 6.45) is 9.01. The van der Waals surface area contributed by atoms with Gasteiger partial charge in [0.1, 0.15) is 5.69 Å². The molecule has 4 heterocycles. The van der Waals surface area contributed by atoms with E-state index in [0.717, 1.165) is 34.0 Å².